The molecule has 0 saturated carbocycles. The number of nitrogens with zero attached hydrogens (tertiary/aromatic N) is 2. The van der Waals surface area contributed by atoms with Crippen molar-refractivity contribution < 1.29 is 13.2 Å². The van der Waals surface area contributed by atoms with Gasteiger partial charge in [-0.2, -0.15) is 13.2 Å². The van der Waals surface area contributed by atoms with Gasteiger partial charge in [0.05, 0.1) is 0 Å². The van der Waals surface area contributed by atoms with Gasteiger partial charge in [-0.1, -0.05) is 17.8 Å². The molecular formula is C9H13F3N4S. The second-order valence-electron chi connectivity index (χ2n) is 3.95. The topological polar surface area (TPSA) is 49.8 Å². The van der Waals surface area contributed by atoms with Crippen LogP contribution in [0.2, 0.25) is 0 Å². The van der Waals surface area contributed by atoms with Crippen LogP contribution in [0.15, 0.2) is 0 Å². The number of aromatic nitrogens is 2. The first kappa shape index (κ1) is 12.6. The Morgan fingerprint density at radius 1 is 1.29 bits per heavy atom. The van der Waals surface area contributed by atoms with E-state index in [9.17, 15) is 13.2 Å². The molecule has 0 spiro atoms. The lowest BCUT2D eigenvalue weighted by molar-refractivity contribution is -0.138. The molecular weight excluding hydrogens is 253 g/mol. The number of anilines is 1. The standard InChI is InChI=1S/C9H13F3N4S/c10-9(11,12)7-15-16-8(17-7)14-6-3-1-2-4-13-5-6/h6,13H,1-5H2,(H,14,16). The lowest BCUT2D eigenvalue weighted by atomic mass is 10.1. The second kappa shape index (κ2) is 5.18. The summed E-state index contributed by atoms with van der Waals surface area (Å²) in [5.74, 6) is 0. The van der Waals surface area contributed by atoms with Crippen molar-refractivity contribution in [2.75, 3.05) is 18.4 Å². The minimum absolute atomic E-state index is 0.131. The molecule has 0 bridgehead atoms. The third-order valence-electron chi connectivity index (χ3n) is 2.54. The summed E-state index contributed by atoms with van der Waals surface area (Å²) in [4.78, 5) is 0. The smallest absolute Gasteiger partial charge is 0.356 e. The van der Waals surface area contributed by atoms with Crippen LogP contribution in [0, 0.1) is 0 Å². The predicted octanol–water partition coefficient (Wildman–Crippen LogP) is 2.11. The minimum atomic E-state index is -4.40. The molecule has 17 heavy (non-hydrogen) atoms. The first-order valence-corrected chi connectivity index (χ1v) is 6.25. The van der Waals surface area contributed by atoms with Gasteiger partial charge < -0.3 is 10.6 Å². The third kappa shape index (κ3) is 3.53. The summed E-state index contributed by atoms with van der Waals surface area (Å²) in [5.41, 5.74) is 0. The molecule has 1 aliphatic rings. The monoisotopic (exact) mass is 266 g/mol. The summed E-state index contributed by atoms with van der Waals surface area (Å²) in [5, 5.41) is 12.2. The molecule has 1 saturated heterocycles. The van der Waals surface area contributed by atoms with Crippen molar-refractivity contribution in [2.24, 2.45) is 0 Å². The quantitative estimate of drug-likeness (QED) is 0.860. The number of rotatable bonds is 2. The molecule has 1 aliphatic heterocycles. The number of hydrogen-bond donors (Lipinski definition) is 2. The van der Waals surface area contributed by atoms with Gasteiger partial charge in [0.25, 0.3) is 0 Å². The van der Waals surface area contributed by atoms with E-state index in [4.69, 9.17) is 0 Å². The van der Waals surface area contributed by atoms with E-state index in [0.717, 1.165) is 32.4 Å². The van der Waals surface area contributed by atoms with Crippen molar-refractivity contribution in [3.05, 3.63) is 5.01 Å². The van der Waals surface area contributed by atoms with Gasteiger partial charge in [-0.15, -0.1) is 10.2 Å². The van der Waals surface area contributed by atoms with E-state index in [-0.39, 0.29) is 11.2 Å². The minimum Gasteiger partial charge on any atom is -0.356 e. The fourth-order valence-electron chi connectivity index (χ4n) is 1.71. The van der Waals surface area contributed by atoms with E-state index < -0.39 is 11.2 Å². The lowest BCUT2D eigenvalue weighted by Gasteiger charge is -2.14. The Hall–Kier alpha value is -0.890. The van der Waals surface area contributed by atoms with Gasteiger partial charge in [0, 0.05) is 12.6 Å². The zero-order chi connectivity index (χ0) is 12.3. The van der Waals surface area contributed by atoms with Crippen LogP contribution in [0.4, 0.5) is 18.3 Å². The van der Waals surface area contributed by atoms with E-state index in [1.807, 2.05) is 0 Å². The molecule has 1 aromatic heterocycles. The molecule has 0 aromatic carbocycles. The molecule has 1 fully saturated rings. The van der Waals surface area contributed by atoms with Gasteiger partial charge in [-0.25, -0.2) is 0 Å². The van der Waals surface area contributed by atoms with Crippen molar-refractivity contribution >= 4 is 16.5 Å². The molecule has 2 rings (SSSR count). The largest absolute Gasteiger partial charge is 0.445 e. The van der Waals surface area contributed by atoms with Crippen molar-refractivity contribution in [2.45, 2.75) is 31.5 Å². The third-order valence-corrected chi connectivity index (χ3v) is 3.44. The van der Waals surface area contributed by atoms with Gasteiger partial charge in [0.15, 0.2) is 0 Å². The second-order valence-corrected chi connectivity index (χ2v) is 4.93. The fourth-order valence-corrected chi connectivity index (χ4v) is 2.40. The Kier molecular flexibility index (Phi) is 3.82. The summed E-state index contributed by atoms with van der Waals surface area (Å²) in [6.07, 6.45) is -1.30. The Morgan fingerprint density at radius 3 is 2.82 bits per heavy atom. The van der Waals surface area contributed by atoms with Crippen LogP contribution in [0.1, 0.15) is 24.3 Å². The zero-order valence-electron chi connectivity index (χ0n) is 9.05. The Bertz CT molecular complexity index is 357. The van der Waals surface area contributed by atoms with Crippen LogP contribution in [0.5, 0.6) is 0 Å². The Labute approximate surface area is 101 Å². The number of hydrogen-bond acceptors (Lipinski definition) is 5. The van der Waals surface area contributed by atoms with Crippen LogP contribution >= 0.6 is 11.3 Å². The molecule has 4 nitrogen and oxygen atoms in total. The molecule has 1 atom stereocenters. The maximum Gasteiger partial charge on any atom is 0.445 e. The van der Waals surface area contributed by atoms with Gasteiger partial charge >= 0.3 is 6.18 Å². The van der Waals surface area contributed by atoms with Crippen molar-refractivity contribution in [1.82, 2.24) is 15.5 Å². The summed E-state index contributed by atoms with van der Waals surface area (Å²) in [7, 11) is 0. The van der Waals surface area contributed by atoms with Crippen LogP contribution in [0.25, 0.3) is 0 Å². The highest BCUT2D eigenvalue weighted by Crippen LogP contribution is 2.33. The van der Waals surface area contributed by atoms with Crippen LogP contribution in [0.3, 0.4) is 0 Å². The lowest BCUT2D eigenvalue weighted by Crippen LogP contribution is -2.30. The van der Waals surface area contributed by atoms with Crippen LogP contribution in [-0.4, -0.2) is 29.3 Å². The molecule has 0 radical (unpaired) electrons. The average Bonchev–Trinajstić information content (AvgIpc) is 2.56. The Morgan fingerprint density at radius 2 is 2.12 bits per heavy atom. The van der Waals surface area contributed by atoms with Crippen LogP contribution < -0.4 is 10.6 Å². The number of nitrogens with one attached hydrogen (secondary N) is 2. The fraction of sp³-hybridized carbons (Fsp3) is 0.778. The molecule has 2 heterocycles. The van der Waals surface area contributed by atoms with Gasteiger partial charge in [0.2, 0.25) is 10.1 Å². The van der Waals surface area contributed by atoms with Crippen molar-refractivity contribution in [1.29, 1.82) is 0 Å². The van der Waals surface area contributed by atoms with Crippen LogP contribution in [-0.2, 0) is 6.18 Å². The molecule has 0 aliphatic carbocycles. The summed E-state index contributed by atoms with van der Waals surface area (Å²) < 4.78 is 36.9. The van der Waals surface area contributed by atoms with Gasteiger partial charge in [-0.3, -0.25) is 0 Å². The predicted molar refractivity (Wildman–Crippen MR) is 59.0 cm³/mol. The van der Waals surface area contributed by atoms with Crippen molar-refractivity contribution in [3.8, 4) is 0 Å². The van der Waals surface area contributed by atoms with E-state index in [2.05, 4.69) is 20.8 Å². The maximum atomic E-state index is 12.3. The molecule has 1 unspecified atom stereocenters. The Balaban J connectivity index is 1.96. The van der Waals surface area contributed by atoms with Crippen molar-refractivity contribution in [3.63, 3.8) is 0 Å². The highest BCUT2D eigenvalue weighted by atomic mass is 32.1. The number of alkyl halides is 3. The number of halogens is 3. The molecule has 1 aromatic rings. The molecule has 8 heteroatoms. The molecule has 0 amide bonds. The summed E-state index contributed by atoms with van der Waals surface area (Å²) in [6, 6.07) is 0.131. The first-order valence-electron chi connectivity index (χ1n) is 5.43. The highest BCUT2D eigenvalue weighted by molar-refractivity contribution is 7.15. The normalized spacial score (nSPS) is 22.2. The summed E-state index contributed by atoms with van der Waals surface area (Å²) >= 11 is 0.554. The van der Waals surface area contributed by atoms with E-state index in [1.165, 1.54) is 0 Å². The molecule has 2 N–H and O–H groups in total. The van der Waals surface area contributed by atoms with E-state index in [1.54, 1.807) is 0 Å². The average molecular weight is 266 g/mol. The SMILES string of the molecule is FC(F)(F)c1nnc(NC2CCCCNC2)s1. The van der Waals surface area contributed by atoms with E-state index in [0.29, 0.717) is 11.3 Å². The molecule has 96 valence electrons. The van der Waals surface area contributed by atoms with Gasteiger partial charge in [-0.05, 0) is 19.4 Å². The highest BCUT2D eigenvalue weighted by Gasteiger charge is 2.35. The first-order chi connectivity index (χ1) is 8.05. The van der Waals surface area contributed by atoms with Gasteiger partial charge in [0.1, 0.15) is 0 Å². The van der Waals surface area contributed by atoms with E-state index >= 15 is 0 Å². The zero-order valence-corrected chi connectivity index (χ0v) is 9.87. The summed E-state index contributed by atoms with van der Waals surface area (Å²) in [6.45, 7) is 1.71. The maximum absolute atomic E-state index is 12.3.